The van der Waals surface area contributed by atoms with Crippen molar-refractivity contribution in [3.8, 4) is 0 Å². The average Bonchev–Trinajstić information content (AvgIpc) is 2.26. The van der Waals surface area contributed by atoms with Crippen molar-refractivity contribution in [1.82, 2.24) is 0 Å². The lowest BCUT2D eigenvalue weighted by Crippen LogP contribution is -1.93. The van der Waals surface area contributed by atoms with Crippen molar-refractivity contribution in [1.29, 1.82) is 0 Å². The minimum atomic E-state index is -1.16. The number of hydrogen-bond acceptors (Lipinski definition) is 6. The number of nitrogens with zero attached hydrogens (tertiary/aromatic N) is 3. The zero-order valence-electron chi connectivity index (χ0n) is 6.71. The first-order valence-electron chi connectivity index (χ1n) is 3.42. The van der Waals surface area contributed by atoms with E-state index in [1.165, 1.54) is 12.1 Å². The highest BCUT2D eigenvalue weighted by Crippen LogP contribution is 2.31. The molecule has 0 atom stereocenters. The molecule has 1 amide bonds. The molecule has 0 saturated carbocycles. The van der Waals surface area contributed by atoms with E-state index < -0.39 is 11.6 Å². The molecule has 70 valence electrons. The van der Waals surface area contributed by atoms with Crippen LogP contribution in [0.2, 0.25) is 0 Å². The first-order valence-corrected chi connectivity index (χ1v) is 3.42. The average molecular weight is 193 g/mol. The molecule has 0 aromatic heterocycles. The normalized spacial score (nSPS) is 9.14. The standard InChI is InChI=1S/C7H3N3O4/c11-7(10-14)4-2-1-3-5(8-12)6(4)9-13/h1-3H. The molecule has 0 heterocycles. The van der Waals surface area contributed by atoms with Gasteiger partial charge in [0.2, 0.25) is 0 Å². The maximum absolute atomic E-state index is 10.8. The fraction of sp³-hybridized carbons (Fsp3) is 0. The number of carbonyl (C=O) groups is 1. The predicted molar refractivity (Wildman–Crippen MR) is 47.5 cm³/mol. The molecule has 1 aromatic carbocycles. The smallest absolute Gasteiger partial charge is 0.263 e. The van der Waals surface area contributed by atoms with Crippen molar-refractivity contribution in [2.24, 2.45) is 15.5 Å². The Morgan fingerprint density at radius 3 is 2.29 bits per heavy atom. The molecule has 0 aliphatic heterocycles. The molecule has 0 saturated heterocycles. The van der Waals surface area contributed by atoms with Crippen molar-refractivity contribution < 1.29 is 4.79 Å². The van der Waals surface area contributed by atoms with Gasteiger partial charge in [0, 0.05) is 5.18 Å². The summed E-state index contributed by atoms with van der Waals surface area (Å²) in [6.45, 7) is 0. The summed E-state index contributed by atoms with van der Waals surface area (Å²) >= 11 is 0. The highest BCUT2D eigenvalue weighted by Gasteiger charge is 2.16. The third kappa shape index (κ3) is 1.56. The topological polar surface area (TPSA) is 105 Å². The van der Waals surface area contributed by atoms with E-state index >= 15 is 0 Å². The quantitative estimate of drug-likeness (QED) is 0.686. The summed E-state index contributed by atoms with van der Waals surface area (Å²) < 4.78 is 0. The fourth-order valence-corrected chi connectivity index (χ4v) is 0.923. The predicted octanol–water partition coefficient (Wildman–Crippen LogP) is 2.39. The Morgan fingerprint density at radius 1 is 1.07 bits per heavy atom. The Kier molecular flexibility index (Phi) is 2.85. The van der Waals surface area contributed by atoms with Crippen molar-refractivity contribution in [3.63, 3.8) is 0 Å². The van der Waals surface area contributed by atoms with Gasteiger partial charge in [0.05, 0.1) is 5.56 Å². The summed E-state index contributed by atoms with van der Waals surface area (Å²) in [5.41, 5.74) is -1.09. The van der Waals surface area contributed by atoms with Crippen LogP contribution >= 0.6 is 0 Å². The molecule has 0 aliphatic carbocycles. The second-order valence-electron chi connectivity index (χ2n) is 2.25. The summed E-state index contributed by atoms with van der Waals surface area (Å²) in [6, 6.07) is 3.66. The van der Waals surface area contributed by atoms with Crippen LogP contribution in [0.25, 0.3) is 0 Å². The Morgan fingerprint density at radius 2 is 1.79 bits per heavy atom. The maximum Gasteiger partial charge on any atom is 0.319 e. The molecule has 0 bridgehead atoms. The summed E-state index contributed by atoms with van der Waals surface area (Å²) in [7, 11) is 0. The zero-order chi connectivity index (χ0) is 10.6. The van der Waals surface area contributed by atoms with Gasteiger partial charge < -0.3 is 0 Å². The van der Waals surface area contributed by atoms with Gasteiger partial charge in [0.1, 0.15) is 11.4 Å². The van der Waals surface area contributed by atoms with Gasteiger partial charge in [-0.1, -0.05) is 6.07 Å². The molecule has 0 fully saturated rings. The van der Waals surface area contributed by atoms with Gasteiger partial charge in [-0.15, -0.1) is 14.7 Å². The number of hydrogen-bond donors (Lipinski definition) is 0. The van der Waals surface area contributed by atoms with Crippen LogP contribution < -0.4 is 0 Å². The number of amides is 1. The van der Waals surface area contributed by atoms with Crippen molar-refractivity contribution in [3.05, 3.63) is 38.5 Å². The molecule has 0 spiro atoms. The van der Waals surface area contributed by atoms with Gasteiger partial charge in [-0.2, -0.15) is 0 Å². The van der Waals surface area contributed by atoms with Crippen LogP contribution in [0.4, 0.5) is 11.4 Å². The van der Waals surface area contributed by atoms with Gasteiger partial charge in [-0.3, -0.25) is 4.79 Å². The molecule has 1 rings (SSSR count). The Hall–Kier alpha value is -2.31. The molecule has 0 radical (unpaired) electrons. The molecule has 0 unspecified atom stereocenters. The Labute approximate surface area is 77.0 Å². The summed E-state index contributed by atoms with van der Waals surface area (Å²) in [5.74, 6) is -1.16. The highest BCUT2D eigenvalue weighted by molar-refractivity contribution is 6.01. The van der Waals surface area contributed by atoms with Crippen LogP contribution in [0.5, 0.6) is 0 Å². The molecule has 7 heteroatoms. The van der Waals surface area contributed by atoms with Crippen LogP contribution in [-0.2, 0) is 0 Å². The summed E-state index contributed by atoms with van der Waals surface area (Å²) in [5, 5.41) is 7.04. The van der Waals surface area contributed by atoms with E-state index in [1.54, 1.807) is 0 Å². The van der Waals surface area contributed by atoms with E-state index in [0.29, 0.717) is 0 Å². The van der Waals surface area contributed by atoms with Crippen molar-refractivity contribution >= 4 is 17.3 Å². The van der Waals surface area contributed by atoms with Gasteiger partial charge in [0.25, 0.3) is 0 Å². The van der Waals surface area contributed by atoms with Crippen molar-refractivity contribution in [2.45, 2.75) is 0 Å². The first kappa shape index (κ1) is 9.78. The Balaban J connectivity index is 3.42. The molecule has 14 heavy (non-hydrogen) atoms. The minimum Gasteiger partial charge on any atom is -0.263 e. The second kappa shape index (κ2) is 4.08. The van der Waals surface area contributed by atoms with Gasteiger partial charge in [-0.05, 0) is 22.5 Å². The lowest BCUT2D eigenvalue weighted by Gasteiger charge is -1.97. The first-order chi connectivity index (χ1) is 6.74. The zero-order valence-corrected chi connectivity index (χ0v) is 6.71. The number of benzene rings is 1. The molecule has 1 aromatic rings. The van der Waals surface area contributed by atoms with E-state index in [0.717, 1.165) is 6.07 Å². The SMILES string of the molecule is O=NC(=O)c1cccc(N=O)c1N=O. The number of rotatable bonds is 3. The molecule has 7 nitrogen and oxygen atoms in total. The van der Waals surface area contributed by atoms with E-state index in [-0.39, 0.29) is 11.3 Å². The Bertz CT molecular complexity index is 415. The lowest BCUT2D eigenvalue weighted by molar-refractivity contribution is 0.100. The number of carbonyl (C=O) groups excluding carboxylic acids is 1. The third-order valence-corrected chi connectivity index (χ3v) is 1.52. The van der Waals surface area contributed by atoms with E-state index in [1.807, 2.05) is 0 Å². The van der Waals surface area contributed by atoms with Crippen LogP contribution in [0, 0.1) is 14.7 Å². The largest absolute Gasteiger partial charge is 0.319 e. The van der Waals surface area contributed by atoms with Gasteiger partial charge in [0.15, 0.2) is 0 Å². The third-order valence-electron chi connectivity index (χ3n) is 1.52. The molecular formula is C7H3N3O4. The van der Waals surface area contributed by atoms with Gasteiger partial charge >= 0.3 is 5.91 Å². The fourth-order valence-electron chi connectivity index (χ4n) is 0.923. The summed E-state index contributed by atoms with van der Waals surface area (Å²) in [6.07, 6.45) is 0. The minimum absolute atomic E-state index is 0.297. The summed E-state index contributed by atoms with van der Waals surface area (Å²) in [4.78, 5) is 41.2. The molecule has 0 aliphatic rings. The van der Waals surface area contributed by atoms with E-state index in [4.69, 9.17) is 0 Å². The maximum atomic E-state index is 10.8. The molecule has 0 N–H and O–H groups in total. The monoisotopic (exact) mass is 193 g/mol. The second-order valence-corrected chi connectivity index (χ2v) is 2.25. The highest BCUT2D eigenvalue weighted by atomic mass is 16.3. The van der Waals surface area contributed by atoms with Crippen LogP contribution in [0.3, 0.4) is 0 Å². The lowest BCUT2D eigenvalue weighted by atomic mass is 10.1. The van der Waals surface area contributed by atoms with E-state index in [9.17, 15) is 19.5 Å². The van der Waals surface area contributed by atoms with Crippen LogP contribution in [0.15, 0.2) is 33.7 Å². The number of nitroso groups, excluding NO2 is 3. The van der Waals surface area contributed by atoms with Crippen molar-refractivity contribution in [2.75, 3.05) is 0 Å². The van der Waals surface area contributed by atoms with Crippen LogP contribution in [0.1, 0.15) is 10.4 Å². The molecular weight excluding hydrogens is 190 g/mol. The van der Waals surface area contributed by atoms with E-state index in [2.05, 4.69) is 15.5 Å². The van der Waals surface area contributed by atoms with Crippen LogP contribution in [-0.4, -0.2) is 5.91 Å². The van der Waals surface area contributed by atoms with Gasteiger partial charge in [-0.25, -0.2) is 0 Å².